The summed E-state index contributed by atoms with van der Waals surface area (Å²) in [5, 5.41) is 4.30. The fourth-order valence-electron chi connectivity index (χ4n) is 3.33. The maximum absolute atomic E-state index is 12.7. The molecule has 25 heavy (non-hydrogen) atoms. The Balaban J connectivity index is 1.88. The molecule has 0 aliphatic heterocycles. The Kier molecular flexibility index (Phi) is 4.93. The number of hydrogen-bond donors (Lipinski definition) is 2. The van der Waals surface area contributed by atoms with Crippen LogP contribution in [0.2, 0.25) is 0 Å². The molecular weight excluding hydrogens is 308 g/mol. The number of H-pyrrole nitrogens is 1. The summed E-state index contributed by atoms with van der Waals surface area (Å²) >= 11 is 0. The van der Waals surface area contributed by atoms with Crippen molar-refractivity contribution in [3.8, 4) is 0 Å². The van der Waals surface area contributed by atoms with E-state index in [2.05, 4.69) is 62.3 Å². The van der Waals surface area contributed by atoms with Crippen LogP contribution in [0.25, 0.3) is 10.9 Å². The van der Waals surface area contributed by atoms with E-state index >= 15 is 0 Å². The SMILES string of the molecule is CC(C)c1cccc(C(C)C)c1NC(=O)Cc1c[nH]c2ccccc12. The van der Waals surface area contributed by atoms with E-state index in [0.29, 0.717) is 18.3 Å². The number of anilines is 1. The maximum Gasteiger partial charge on any atom is 0.228 e. The number of carbonyl (C=O) groups excluding carboxylic acids is 1. The van der Waals surface area contributed by atoms with Crippen LogP contribution >= 0.6 is 0 Å². The number of hydrogen-bond acceptors (Lipinski definition) is 1. The summed E-state index contributed by atoms with van der Waals surface area (Å²) in [5.41, 5.74) is 5.46. The van der Waals surface area contributed by atoms with Crippen LogP contribution < -0.4 is 5.32 Å². The highest BCUT2D eigenvalue weighted by Gasteiger charge is 2.17. The van der Waals surface area contributed by atoms with E-state index in [1.807, 2.05) is 24.4 Å². The highest BCUT2D eigenvalue weighted by Crippen LogP contribution is 2.32. The van der Waals surface area contributed by atoms with Gasteiger partial charge in [-0.1, -0.05) is 64.1 Å². The lowest BCUT2D eigenvalue weighted by molar-refractivity contribution is -0.115. The van der Waals surface area contributed by atoms with Crippen molar-refractivity contribution in [3.63, 3.8) is 0 Å². The van der Waals surface area contributed by atoms with Gasteiger partial charge < -0.3 is 10.3 Å². The molecule has 0 atom stereocenters. The average Bonchev–Trinajstić information content (AvgIpc) is 2.97. The Labute approximate surface area is 149 Å². The minimum Gasteiger partial charge on any atom is -0.361 e. The van der Waals surface area contributed by atoms with Gasteiger partial charge in [-0.15, -0.1) is 0 Å². The number of nitrogens with one attached hydrogen (secondary N) is 2. The molecular formula is C22H26N2O. The molecule has 0 spiro atoms. The molecule has 3 aromatic rings. The zero-order valence-corrected chi connectivity index (χ0v) is 15.4. The summed E-state index contributed by atoms with van der Waals surface area (Å²) in [7, 11) is 0. The van der Waals surface area contributed by atoms with Crippen molar-refractivity contribution in [2.24, 2.45) is 0 Å². The molecule has 0 aliphatic rings. The predicted molar refractivity (Wildman–Crippen MR) is 105 cm³/mol. The Hall–Kier alpha value is -2.55. The van der Waals surface area contributed by atoms with E-state index in [0.717, 1.165) is 22.2 Å². The minimum absolute atomic E-state index is 0.0275. The topological polar surface area (TPSA) is 44.9 Å². The quantitative estimate of drug-likeness (QED) is 0.627. The van der Waals surface area contributed by atoms with Crippen LogP contribution in [0.15, 0.2) is 48.7 Å². The summed E-state index contributed by atoms with van der Waals surface area (Å²) < 4.78 is 0. The van der Waals surface area contributed by atoms with Gasteiger partial charge in [-0.2, -0.15) is 0 Å². The summed E-state index contributed by atoms with van der Waals surface area (Å²) in [4.78, 5) is 16.0. The third kappa shape index (κ3) is 3.60. The number of amides is 1. The zero-order chi connectivity index (χ0) is 18.0. The Morgan fingerprint density at radius 2 is 1.60 bits per heavy atom. The molecule has 130 valence electrons. The lowest BCUT2D eigenvalue weighted by Gasteiger charge is -2.20. The van der Waals surface area contributed by atoms with Crippen LogP contribution in [0.5, 0.6) is 0 Å². The van der Waals surface area contributed by atoms with Gasteiger partial charge in [0.2, 0.25) is 5.91 Å². The molecule has 3 nitrogen and oxygen atoms in total. The average molecular weight is 334 g/mol. The first-order valence-corrected chi connectivity index (χ1v) is 8.95. The predicted octanol–water partition coefficient (Wildman–Crippen LogP) is 5.60. The van der Waals surface area contributed by atoms with Gasteiger partial charge in [0.1, 0.15) is 0 Å². The number of aromatic amines is 1. The number of carbonyl (C=O) groups is 1. The second kappa shape index (κ2) is 7.14. The Morgan fingerprint density at radius 1 is 0.960 bits per heavy atom. The van der Waals surface area contributed by atoms with Crippen molar-refractivity contribution in [1.82, 2.24) is 4.98 Å². The Bertz CT molecular complexity index is 864. The van der Waals surface area contributed by atoms with Gasteiger partial charge in [-0.3, -0.25) is 4.79 Å². The van der Waals surface area contributed by atoms with Crippen LogP contribution in [-0.2, 0) is 11.2 Å². The van der Waals surface area contributed by atoms with E-state index < -0.39 is 0 Å². The first-order chi connectivity index (χ1) is 12.0. The fourth-order valence-corrected chi connectivity index (χ4v) is 3.33. The van der Waals surface area contributed by atoms with Gasteiger partial charge in [0.15, 0.2) is 0 Å². The molecule has 1 amide bonds. The molecule has 0 fully saturated rings. The highest BCUT2D eigenvalue weighted by molar-refractivity contribution is 5.97. The first kappa shape index (κ1) is 17.3. The molecule has 2 aromatic carbocycles. The molecule has 1 aromatic heterocycles. The number of aromatic nitrogens is 1. The Morgan fingerprint density at radius 3 is 2.24 bits per heavy atom. The molecule has 0 aliphatic carbocycles. The van der Waals surface area contributed by atoms with Crippen molar-refractivity contribution in [2.75, 3.05) is 5.32 Å². The van der Waals surface area contributed by atoms with E-state index in [1.165, 1.54) is 11.1 Å². The molecule has 0 radical (unpaired) electrons. The fraction of sp³-hybridized carbons (Fsp3) is 0.318. The number of rotatable bonds is 5. The second-order valence-electron chi connectivity index (χ2n) is 7.21. The van der Waals surface area contributed by atoms with Gasteiger partial charge >= 0.3 is 0 Å². The van der Waals surface area contributed by atoms with Crippen LogP contribution in [0.4, 0.5) is 5.69 Å². The van der Waals surface area contributed by atoms with E-state index in [-0.39, 0.29) is 5.91 Å². The number of para-hydroxylation sites is 2. The van der Waals surface area contributed by atoms with Crippen molar-refractivity contribution in [2.45, 2.75) is 46.0 Å². The largest absolute Gasteiger partial charge is 0.361 e. The van der Waals surface area contributed by atoms with Gasteiger partial charge in [-0.25, -0.2) is 0 Å². The molecule has 0 saturated heterocycles. The summed E-state index contributed by atoms with van der Waals surface area (Å²) in [6.45, 7) is 8.65. The lowest BCUT2D eigenvalue weighted by Crippen LogP contribution is -2.17. The van der Waals surface area contributed by atoms with Crippen molar-refractivity contribution in [3.05, 3.63) is 65.4 Å². The minimum atomic E-state index is 0.0275. The van der Waals surface area contributed by atoms with E-state index in [1.54, 1.807) is 0 Å². The third-order valence-corrected chi connectivity index (χ3v) is 4.66. The zero-order valence-electron chi connectivity index (χ0n) is 15.4. The normalized spacial score (nSPS) is 11.4. The number of benzene rings is 2. The molecule has 0 saturated carbocycles. The molecule has 3 heteroatoms. The molecule has 0 unspecified atom stereocenters. The summed E-state index contributed by atoms with van der Waals surface area (Å²) in [5.74, 6) is 0.754. The van der Waals surface area contributed by atoms with E-state index in [4.69, 9.17) is 0 Å². The summed E-state index contributed by atoms with van der Waals surface area (Å²) in [6, 6.07) is 14.4. The highest BCUT2D eigenvalue weighted by atomic mass is 16.1. The first-order valence-electron chi connectivity index (χ1n) is 8.95. The van der Waals surface area contributed by atoms with Crippen LogP contribution in [0.3, 0.4) is 0 Å². The smallest absolute Gasteiger partial charge is 0.228 e. The van der Waals surface area contributed by atoms with Gasteiger partial charge in [0.05, 0.1) is 6.42 Å². The van der Waals surface area contributed by atoms with Crippen LogP contribution in [-0.4, -0.2) is 10.9 Å². The van der Waals surface area contributed by atoms with Gasteiger partial charge in [-0.05, 0) is 34.6 Å². The van der Waals surface area contributed by atoms with Gasteiger partial charge in [0, 0.05) is 22.8 Å². The van der Waals surface area contributed by atoms with Crippen molar-refractivity contribution >= 4 is 22.5 Å². The molecule has 3 rings (SSSR count). The van der Waals surface area contributed by atoms with Crippen molar-refractivity contribution in [1.29, 1.82) is 0 Å². The lowest BCUT2D eigenvalue weighted by atomic mass is 9.92. The number of fused-ring (bicyclic) bond motifs is 1. The maximum atomic E-state index is 12.7. The molecule has 1 heterocycles. The monoisotopic (exact) mass is 334 g/mol. The molecule has 0 bridgehead atoms. The molecule has 2 N–H and O–H groups in total. The standard InChI is InChI=1S/C22H26N2O/c1-14(2)17-9-7-10-18(15(3)4)22(17)24-21(25)12-16-13-23-20-11-6-5-8-19(16)20/h5-11,13-15,23H,12H2,1-4H3,(H,24,25). The van der Waals surface area contributed by atoms with E-state index in [9.17, 15) is 4.79 Å². The third-order valence-electron chi connectivity index (χ3n) is 4.66. The van der Waals surface area contributed by atoms with Crippen LogP contribution in [0, 0.1) is 0 Å². The summed E-state index contributed by atoms with van der Waals surface area (Å²) in [6.07, 6.45) is 2.30. The van der Waals surface area contributed by atoms with Crippen LogP contribution in [0.1, 0.15) is 56.2 Å². The second-order valence-corrected chi connectivity index (χ2v) is 7.21. The van der Waals surface area contributed by atoms with Crippen molar-refractivity contribution < 1.29 is 4.79 Å². The van der Waals surface area contributed by atoms with Gasteiger partial charge in [0.25, 0.3) is 0 Å².